The second-order valence-corrected chi connectivity index (χ2v) is 7.77. The second-order valence-electron chi connectivity index (χ2n) is 6.53. The molecule has 3 N–H and O–H groups in total. The standard InChI is InChI=1S/C21H15BrN2O8S/c1-31-15-7-10(6-14(22)17(15)32-9-16(25)26)5-13-18(27)23-21(33)24(19(13)28)12-4-2-3-11(8-12)20(29)30/h2-8H,9H2,1H3,(H,25,26)(H,29,30)(H,23,27,33). The van der Waals surface area contributed by atoms with Crippen molar-refractivity contribution in [1.82, 2.24) is 5.32 Å². The summed E-state index contributed by atoms with van der Waals surface area (Å²) in [5.41, 5.74) is 0.215. The van der Waals surface area contributed by atoms with Crippen LogP contribution in [0.1, 0.15) is 15.9 Å². The minimum absolute atomic E-state index is 0.0591. The number of methoxy groups -OCH3 is 1. The van der Waals surface area contributed by atoms with Gasteiger partial charge in [-0.1, -0.05) is 6.07 Å². The first kappa shape index (κ1) is 23.9. The molecule has 0 atom stereocenters. The number of hydrogen-bond acceptors (Lipinski definition) is 7. The summed E-state index contributed by atoms with van der Waals surface area (Å²) in [5, 5.41) is 20.3. The number of hydrogen-bond donors (Lipinski definition) is 3. The van der Waals surface area contributed by atoms with Gasteiger partial charge in [0, 0.05) is 0 Å². The number of nitrogens with zero attached hydrogens (tertiary/aromatic N) is 1. The molecule has 0 saturated carbocycles. The van der Waals surface area contributed by atoms with E-state index in [1.54, 1.807) is 0 Å². The zero-order valence-electron chi connectivity index (χ0n) is 16.8. The van der Waals surface area contributed by atoms with E-state index in [9.17, 15) is 24.3 Å². The Kier molecular flexibility index (Phi) is 7.09. The number of carboxylic acids is 2. The largest absolute Gasteiger partial charge is 0.493 e. The first-order valence-electron chi connectivity index (χ1n) is 9.09. The van der Waals surface area contributed by atoms with Gasteiger partial charge in [0.25, 0.3) is 11.8 Å². The fourth-order valence-electron chi connectivity index (χ4n) is 2.93. The van der Waals surface area contributed by atoms with Crippen LogP contribution in [0.15, 0.2) is 46.4 Å². The van der Waals surface area contributed by atoms with E-state index in [-0.39, 0.29) is 33.4 Å². The highest BCUT2D eigenvalue weighted by atomic mass is 79.9. The highest BCUT2D eigenvalue weighted by molar-refractivity contribution is 9.10. The molecule has 1 aliphatic rings. The van der Waals surface area contributed by atoms with Gasteiger partial charge in [-0.05, 0) is 70.1 Å². The van der Waals surface area contributed by atoms with Crippen molar-refractivity contribution in [2.45, 2.75) is 0 Å². The molecule has 0 bridgehead atoms. The molecule has 2 aromatic carbocycles. The van der Waals surface area contributed by atoms with Crippen molar-refractivity contribution in [2.75, 3.05) is 18.6 Å². The fourth-order valence-corrected chi connectivity index (χ4v) is 3.79. The zero-order valence-corrected chi connectivity index (χ0v) is 19.2. The average molecular weight is 535 g/mol. The van der Waals surface area contributed by atoms with E-state index >= 15 is 0 Å². The molecule has 1 aliphatic heterocycles. The van der Waals surface area contributed by atoms with E-state index in [4.69, 9.17) is 26.8 Å². The van der Waals surface area contributed by atoms with Crippen molar-refractivity contribution in [3.63, 3.8) is 0 Å². The molecule has 0 radical (unpaired) electrons. The summed E-state index contributed by atoms with van der Waals surface area (Å²) in [7, 11) is 1.35. The second kappa shape index (κ2) is 9.79. The van der Waals surface area contributed by atoms with Gasteiger partial charge in [-0.15, -0.1) is 0 Å². The van der Waals surface area contributed by atoms with Crippen molar-refractivity contribution < 1.29 is 38.9 Å². The monoisotopic (exact) mass is 534 g/mol. The third kappa shape index (κ3) is 5.18. The maximum Gasteiger partial charge on any atom is 0.341 e. The lowest BCUT2D eigenvalue weighted by molar-refractivity contribution is -0.139. The molecule has 1 heterocycles. The molecule has 1 saturated heterocycles. The quantitative estimate of drug-likeness (QED) is 0.277. The van der Waals surface area contributed by atoms with Crippen LogP contribution >= 0.6 is 28.1 Å². The average Bonchev–Trinajstić information content (AvgIpc) is 2.75. The van der Waals surface area contributed by atoms with Crippen LogP contribution in [0.3, 0.4) is 0 Å². The Hall–Kier alpha value is -3.77. The van der Waals surface area contributed by atoms with Crippen LogP contribution in [0.5, 0.6) is 11.5 Å². The number of amides is 2. The van der Waals surface area contributed by atoms with Crippen molar-refractivity contribution in [2.24, 2.45) is 0 Å². The molecule has 0 aliphatic carbocycles. The van der Waals surface area contributed by atoms with Crippen LogP contribution in [0.25, 0.3) is 6.08 Å². The first-order chi connectivity index (χ1) is 15.6. The number of halogens is 1. The van der Waals surface area contributed by atoms with Crippen molar-refractivity contribution in [3.8, 4) is 11.5 Å². The molecule has 0 aromatic heterocycles. The zero-order chi connectivity index (χ0) is 24.3. The van der Waals surface area contributed by atoms with Crippen LogP contribution in [0.4, 0.5) is 5.69 Å². The van der Waals surface area contributed by atoms with Gasteiger partial charge in [-0.2, -0.15) is 0 Å². The van der Waals surface area contributed by atoms with E-state index in [1.165, 1.54) is 49.6 Å². The maximum atomic E-state index is 13.1. The molecular weight excluding hydrogens is 520 g/mol. The predicted molar refractivity (Wildman–Crippen MR) is 123 cm³/mol. The molecule has 33 heavy (non-hydrogen) atoms. The van der Waals surface area contributed by atoms with Crippen LogP contribution in [-0.2, 0) is 14.4 Å². The molecule has 10 nitrogen and oxygen atoms in total. The van der Waals surface area contributed by atoms with Crippen LogP contribution in [-0.4, -0.2) is 52.8 Å². The normalized spacial score (nSPS) is 14.8. The fraction of sp³-hybridized carbons (Fsp3) is 0.0952. The summed E-state index contributed by atoms with van der Waals surface area (Å²) in [6, 6.07) is 8.52. The van der Waals surface area contributed by atoms with E-state index in [2.05, 4.69) is 21.2 Å². The summed E-state index contributed by atoms with van der Waals surface area (Å²) in [4.78, 5) is 48.8. The number of nitrogens with one attached hydrogen (secondary N) is 1. The Labute approximate surface area is 200 Å². The van der Waals surface area contributed by atoms with Crippen molar-refractivity contribution in [1.29, 1.82) is 0 Å². The highest BCUT2D eigenvalue weighted by Gasteiger charge is 2.34. The minimum Gasteiger partial charge on any atom is -0.493 e. The number of aromatic carboxylic acids is 1. The maximum absolute atomic E-state index is 13.1. The smallest absolute Gasteiger partial charge is 0.341 e. The lowest BCUT2D eigenvalue weighted by Gasteiger charge is -2.29. The van der Waals surface area contributed by atoms with Gasteiger partial charge >= 0.3 is 11.9 Å². The van der Waals surface area contributed by atoms with E-state index in [0.717, 1.165) is 4.90 Å². The number of carboxylic acid groups (broad SMARTS) is 2. The Morgan fingerprint density at radius 2 is 1.94 bits per heavy atom. The molecule has 0 spiro atoms. The van der Waals surface area contributed by atoms with Crippen molar-refractivity contribution >= 4 is 68.8 Å². The summed E-state index contributed by atoms with van der Waals surface area (Å²) >= 11 is 8.39. The lowest BCUT2D eigenvalue weighted by Crippen LogP contribution is -2.54. The highest BCUT2D eigenvalue weighted by Crippen LogP contribution is 2.37. The Bertz CT molecular complexity index is 1230. The summed E-state index contributed by atoms with van der Waals surface area (Å²) < 4.78 is 10.8. The summed E-state index contributed by atoms with van der Waals surface area (Å²) in [6.07, 6.45) is 1.29. The molecule has 3 rings (SSSR count). The van der Waals surface area contributed by atoms with Gasteiger partial charge in [0.15, 0.2) is 23.2 Å². The summed E-state index contributed by atoms with van der Waals surface area (Å²) in [6.45, 7) is -0.599. The van der Waals surface area contributed by atoms with Gasteiger partial charge in [0.2, 0.25) is 0 Å². The van der Waals surface area contributed by atoms with Gasteiger partial charge < -0.3 is 19.7 Å². The molecule has 170 valence electrons. The number of ether oxygens (including phenoxy) is 2. The molecule has 0 unspecified atom stereocenters. The first-order valence-corrected chi connectivity index (χ1v) is 10.3. The van der Waals surface area contributed by atoms with Gasteiger partial charge in [0.1, 0.15) is 5.57 Å². The molecule has 2 aromatic rings. The summed E-state index contributed by atoms with van der Waals surface area (Å²) in [5.74, 6) is -3.56. The number of aliphatic carboxylic acids is 1. The topological polar surface area (TPSA) is 142 Å². The number of carbonyl (C=O) groups is 4. The molecule has 1 fully saturated rings. The van der Waals surface area contributed by atoms with Crippen molar-refractivity contribution in [3.05, 3.63) is 57.6 Å². The van der Waals surface area contributed by atoms with Gasteiger partial charge in [-0.3, -0.25) is 19.8 Å². The molecule has 12 heteroatoms. The number of benzene rings is 2. The van der Waals surface area contributed by atoms with E-state index in [0.29, 0.717) is 10.0 Å². The Morgan fingerprint density at radius 1 is 1.21 bits per heavy atom. The number of anilines is 1. The number of thiocarbonyl (C=S) groups is 1. The van der Waals surface area contributed by atoms with Gasteiger partial charge in [0.05, 0.1) is 22.8 Å². The Balaban J connectivity index is 2.01. The third-order valence-corrected chi connectivity index (χ3v) is 5.23. The Morgan fingerprint density at radius 3 is 2.58 bits per heavy atom. The number of carbonyl (C=O) groups excluding carboxylic acids is 2. The van der Waals surface area contributed by atoms with E-state index in [1.807, 2.05) is 0 Å². The molecular formula is C21H15BrN2O8S. The van der Waals surface area contributed by atoms with Crippen LogP contribution < -0.4 is 19.7 Å². The minimum atomic E-state index is -1.19. The lowest BCUT2D eigenvalue weighted by atomic mass is 10.1. The van der Waals surface area contributed by atoms with E-state index < -0.39 is 30.4 Å². The molecule has 2 amide bonds. The SMILES string of the molecule is COc1cc(C=C2C(=O)NC(=S)N(c3cccc(C(=O)O)c3)C2=O)cc(Br)c1OCC(=O)O. The third-order valence-electron chi connectivity index (χ3n) is 4.36. The predicted octanol–water partition coefficient (Wildman–Crippen LogP) is 2.45. The van der Waals surface area contributed by atoms with Gasteiger partial charge in [-0.25, -0.2) is 9.59 Å². The van der Waals surface area contributed by atoms with Crippen LogP contribution in [0.2, 0.25) is 0 Å². The number of rotatable bonds is 7. The van der Waals surface area contributed by atoms with Crippen LogP contribution in [0, 0.1) is 0 Å².